The van der Waals surface area contributed by atoms with Crippen LogP contribution in [0.3, 0.4) is 0 Å². The smallest absolute Gasteiger partial charge is 0.248 e. The van der Waals surface area contributed by atoms with Crippen LogP contribution in [-0.4, -0.2) is 43.4 Å². The SMILES string of the molecule is Cc1ccc(/C=C/c2onc(C)c2S(=O)(=O)N2CCC(C(=O)N3CCCc4ccccc43)CC2)cc1. The fourth-order valence-corrected chi connectivity index (χ4v) is 6.82. The maximum Gasteiger partial charge on any atom is 0.248 e. The van der Waals surface area contributed by atoms with Crippen LogP contribution >= 0.6 is 0 Å². The van der Waals surface area contributed by atoms with E-state index < -0.39 is 10.0 Å². The van der Waals surface area contributed by atoms with Crippen molar-refractivity contribution in [3.05, 3.63) is 76.7 Å². The largest absolute Gasteiger partial charge is 0.355 e. The summed E-state index contributed by atoms with van der Waals surface area (Å²) >= 11 is 0. The van der Waals surface area contributed by atoms with Gasteiger partial charge in [0.2, 0.25) is 15.9 Å². The van der Waals surface area contributed by atoms with E-state index in [9.17, 15) is 13.2 Å². The molecule has 2 aliphatic heterocycles. The second-order valence-electron chi connectivity index (χ2n) is 9.61. The molecule has 188 valence electrons. The number of nitrogens with zero attached hydrogens (tertiary/aromatic N) is 3. The lowest BCUT2D eigenvalue weighted by Crippen LogP contribution is -2.45. The number of aromatic nitrogens is 1. The van der Waals surface area contributed by atoms with Gasteiger partial charge in [0.05, 0.1) is 0 Å². The van der Waals surface area contributed by atoms with Gasteiger partial charge in [0.1, 0.15) is 5.69 Å². The van der Waals surface area contributed by atoms with E-state index in [0.29, 0.717) is 38.2 Å². The first-order valence-corrected chi connectivity index (χ1v) is 13.9. The summed E-state index contributed by atoms with van der Waals surface area (Å²) in [6.45, 7) is 4.95. The number of anilines is 1. The van der Waals surface area contributed by atoms with Crippen LogP contribution in [0.4, 0.5) is 5.69 Å². The number of aryl methyl sites for hydroxylation is 3. The van der Waals surface area contributed by atoms with E-state index in [1.54, 1.807) is 13.0 Å². The van der Waals surface area contributed by atoms with Gasteiger partial charge in [0, 0.05) is 31.2 Å². The number of benzene rings is 2. The summed E-state index contributed by atoms with van der Waals surface area (Å²) in [7, 11) is -3.81. The number of para-hydroxylation sites is 1. The molecule has 1 fully saturated rings. The molecular formula is C28H31N3O4S. The Balaban J connectivity index is 1.30. The van der Waals surface area contributed by atoms with Gasteiger partial charge >= 0.3 is 0 Å². The summed E-state index contributed by atoms with van der Waals surface area (Å²) in [6, 6.07) is 16.0. The number of hydrogen-bond donors (Lipinski definition) is 0. The predicted octanol–water partition coefficient (Wildman–Crippen LogP) is 4.84. The molecule has 0 aliphatic carbocycles. The van der Waals surface area contributed by atoms with Gasteiger partial charge in [-0.25, -0.2) is 8.42 Å². The molecule has 0 bridgehead atoms. The topological polar surface area (TPSA) is 83.7 Å². The van der Waals surface area contributed by atoms with E-state index in [-0.39, 0.29) is 22.5 Å². The number of piperidine rings is 1. The molecule has 1 aromatic heterocycles. The summed E-state index contributed by atoms with van der Waals surface area (Å²) in [4.78, 5) is 15.4. The van der Waals surface area contributed by atoms with Crippen LogP contribution < -0.4 is 4.90 Å². The zero-order valence-electron chi connectivity index (χ0n) is 20.7. The number of hydrogen-bond acceptors (Lipinski definition) is 5. The average molecular weight is 506 g/mol. The average Bonchev–Trinajstić information content (AvgIpc) is 3.28. The van der Waals surface area contributed by atoms with Gasteiger partial charge in [-0.3, -0.25) is 4.79 Å². The maximum atomic E-state index is 13.6. The summed E-state index contributed by atoms with van der Waals surface area (Å²) in [5.41, 5.74) is 4.62. The van der Waals surface area contributed by atoms with Gasteiger partial charge in [-0.05, 0) is 62.8 Å². The molecule has 1 saturated heterocycles. The van der Waals surface area contributed by atoms with Crippen molar-refractivity contribution in [3.8, 4) is 0 Å². The Bertz CT molecular complexity index is 1380. The summed E-state index contributed by atoms with van der Waals surface area (Å²) in [5.74, 6) is 0.130. The van der Waals surface area contributed by atoms with E-state index in [4.69, 9.17) is 4.52 Å². The molecule has 5 rings (SSSR count). The van der Waals surface area contributed by atoms with E-state index in [1.807, 2.05) is 60.4 Å². The quantitative estimate of drug-likeness (QED) is 0.495. The Labute approximate surface area is 212 Å². The Morgan fingerprint density at radius 1 is 1.00 bits per heavy atom. The molecule has 2 aliphatic rings. The zero-order chi connectivity index (χ0) is 25.3. The normalized spacial score (nSPS) is 17.4. The summed E-state index contributed by atoms with van der Waals surface area (Å²) in [5, 5.41) is 3.94. The molecule has 3 aromatic rings. The van der Waals surface area contributed by atoms with Crippen LogP contribution in [0.2, 0.25) is 0 Å². The fourth-order valence-electron chi connectivity index (χ4n) is 5.10. The van der Waals surface area contributed by atoms with Crippen molar-refractivity contribution in [3.63, 3.8) is 0 Å². The summed E-state index contributed by atoms with van der Waals surface area (Å²) < 4.78 is 34.0. The molecule has 36 heavy (non-hydrogen) atoms. The number of carbonyl (C=O) groups is 1. The lowest BCUT2D eigenvalue weighted by atomic mass is 9.94. The van der Waals surface area contributed by atoms with Gasteiger partial charge in [-0.2, -0.15) is 4.31 Å². The Kier molecular flexibility index (Phi) is 6.81. The van der Waals surface area contributed by atoms with Gasteiger partial charge in [-0.1, -0.05) is 59.3 Å². The molecular weight excluding hydrogens is 474 g/mol. The number of amides is 1. The van der Waals surface area contributed by atoms with Crippen LogP contribution in [0.5, 0.6) is 0 Å². The highest BCUT2D eigenvalue weighted by Gasteiger charge is 2.37. The summed E-state index contributed by atoms with van der Waals surface area (Å²) in [6.07, 6.45) is 6.39. The Morgan fingerprint density at radius 2 is 1.72 bits per heavy atom. The first-order valence-electron chi connectivity index (χ1n) is 12.4. The van der Waals surface area contributed by atoms with Crippen molar-refractivity contribution in [1.29, 1.82) is 0 Å². The highest BCUT2D eigenvalue weighted by atomic mass is 32.2. The van der Waals surface area contributed by atoms with Crippen molar-refractivity contribution in [2.75, 3.05) is 24.5 Å². The molecule has 0 spiro atoms. The van der Waals surface area contributed by atoms with Crippen molar-refractivity contribution in [2.45, 2.75) is 44.4 Å². The number of rotatable bonds is 5. The van der Waals surface area contributed by atoms with Crippen molar-refractivity contribution in [1.82, 2.24) is 9.46 Å². The van der Waals surface area contributed by atoms with Gasteiger partial charge in [0.15, 0.2) is 10.7 Å². The number of sulfonamides is 1. The molecule has 7 nitrogen and oxygen atoms in total. The lowest BCUT2D eigenvalue weighted by molar-refractivity contribution is -0.123. The van der Waals surface area contributed by atoms with Crippen molar-refractivity contribution < 1.29 is 17.7 Å². The second-order valence-corrected chi connectivity index (χ2v) is 11.5. The fraction of sp³-hybridized carbons (Fsp3) is 0.357. The van der Waals surface area contributed by atoms with Crippen LogP contribution in [0, 0.1) is 19.8 Å². The van der Waals surface area contributed by atoms with Crippen molar-refractivity contribution in [2.24, 2.45) is 5.92 Å². The minimum absolute atomic E-state index is 0.0978. The molecule has 0 radical (unpaired) electrons. The molecule has 8 heteroatoms. The van der Waals surface area contributed by atoms with Crippen LogP contribution in [0.25, 0.3) is 12.2 Å². The number of fused-ring (bicyclic) bond motifs is 1. The van der Waals surface area contributed by atoms with E-state index in [0.717, 1.165) is 29.7 Å². The molecule has 0 N–H and O–H groups in total. The molecule has 1 amide bonds. The Morgan fingerprint density at radius 3 is 2.47 bits per heavy atom. The first-order chi connectivity index (χ1) is 17.3. The van der Waals surface area contributed by atoms with E-state index >= 15 is 0 Å². The van der Waals surface area contributed by atoms with E-state index in [1.165, 1.54) is 9.87 Å². The molecule has 2 aromatic carbocycles. The highest BCUT2D eigenvalue weighted by molar-refractivity contribution is 7.89. The Hall–Kier alpha value is -3.23. The molecule has 0 saturated carbocycles. The molecule has 0 unspecified atom stereocenters. The van der Waals surface area contributed by atoms with Crippen LogP contribution in [-0.2, 0) is 21.2 Å². The molecule has 3 heterocycles. The van der Waals surface area contributed by atoms with Gasteiger partial charge in [0.25, 0.3) is 0 Å². The van der Waals surface area contributed by atoms with Crippen LogP contribution in [0.1, 0.15) is 47.4 Å². The van der Waals surface area contributed by atoms with E-state index in [2.05, 4.69) is 11.2 Å². The first kappa shape index (κ1) is 24.5. The number of carbonyl (C=O) groups excluding carboxylic acids is 1. The lowest BCUT2D eigenvalue weighted by Gasteiger charge is -2.36. The minimum Gasteiger partial charge on any atom is -0.355 e. The predicted molar refractivity (Wildman–Crippen MR) is 140 cm³/mol. The third-order valence-electron chi connectivity index (χ3n) is 7.12. The van der Waals surface area contributed by atoms with Gasteiger partial charge in [-0.15, -0.1) is 0 Å². The third-order valence-corrected chi connectivity index (χ3v) is 9.17. The monoisotopic (exact) mass is 505 g/mol. The van der Waals surface area contributed by atoms with Crippen LogP contribution in [0.15, 0.2) is 57.9 Å². The molecule has 0 atom stereocenters. The minimum atomic E-state index is -3.81. The van der Waals surface area contributed by atoms with Gasteiger partial charge < -0.3 is 9.42 Å². The second kappa shape index (κ2) is 10.0. The maximum absolute atomic E-state index is 13.6. The highest BCUT2D eigenvalue weighted by Crippen LogP contribution is 2.33. The van der Waals surface area contributed by atoms with Crippen molar-refractivity contribution >= 4 is 33.8 Å². The standard InChI is InChI=1S/C28H31N3O4S/c1-20-9-11-22(12-10-20)13-14-26-27(21(2)29-35-26)36(33,34)30-18-15-24(16-19-30)28(32)31-17-5-7-23-6-3-4-8-25(23)31/h3-4,6,8-14,24H,5,7,15-19H2,1-2H3/b14-13+. The zero-order valence-corrected chi connectivity index (χ0v) is 21.5. The third kappa shape index (κ3) is 4.75.